The standard InChI is InChI=1S/C20H18N4O3S/c1-26-15-9-7-14(8-10-15)22-20-23-18(21)19(28-20)24-17(11-16(12-25)27-24)13-5-3-2-4-6-13/h2-12,17H,21H2,1H3,(H,22,23). The molecular formula is C20H18N4O3S. The largest absolute Gasteiger partial charge is 0.497 e. The summed E-state index contributed by atoms with van der Waals surface area (Å²) in [5.41, 5.74) is 7.99. The second-order valence-corrected chi connectivity index (χ2v) is 7.00. The lowest BCUT2D eigenvalue weighted by atomic mass is 10.1. The first kappa shape index (κ1) is 17.9. The van der Waals surface area contributed by atoms with Crippen molar-refractivity contribution >= 4 is 39.3 Å². The zero-order valence-electron chi connectivity index (χ0n) is 15.0. The van der Waals surface area contributed by atoms with Crippen molar-refractivity contribution in [2.45, 2.75) is 6.04 Å². The number of hydrogen-bond donors (Lipinski definition) is 2. The molecule has 0 amide bonds. The predicted octanol–water partition coefficient (Wildman–Crippen LogP) is 4.05. The highest BCUT2D eigenvalue weighted by Gasteiger charge is 2.32. The van der Waals surface area contributed by atoms with Crippen LogP contribution in [0.15, 0.2) is 66.4 Å². The Hall–Kier alpha value is -3.52. The van der Waals surface area contributed by atoms with Gasteiger partial charge in [0.2, 0.25) is 0 Å². The molecule has 1 aliphatic rings. The Morgan fingerprint density at radius 2 is 1.96 bits per heavy atom. The number of aromatic nitrogens is 1. The highest BCUT2D eigenvalue weighted by molar-refractivity contribution is 7.20. The molecule has 0 fully saturated rings. The van der Waals surface area contributed by atoms with E-state index in [2.05, 4.69) is 10.3 Å². The summed E-state index contributed by atoms with van der Waals surface area (Å²) in [6, 6.07) is 17.0. The predicted molar refractivity (Wildman–Crippen MR) is 110 cm³/mol. The Morgan fingerprint density at radius 3 is 2.64 bits per heavy atom. The van der Waals surface area contributed by atoms with Crippen molar-refractivity contribution in [1.29, 1.82) is 0 Å². The fraction of sp³-hybridized carbons (Fsp3) is 0.100. The number of benzene rings is 2. The summed E-state index contributed by atoms with van der Waals surface area (Å²) in [5.74, 6) is 1.34. The van der Waals surface area contributed by atoms with E-state index in [1.165, 1.54) is 11.3 Å². The number of carbonyl (C=O) groups is 1. The number of hydroxylamine groups is 1. The lowest BCUT2D eigenvalue weighted by Gasteiger charge is -2.23. The molecule has 4 rings (SSSR count). The Balaban J connectivity index is 1.60. The first-order valence-corrected chi connectivity index (χ1v) is 9.36. The number of rotatable bonds is 6. The van der Waals surface area contributed by atoms with E-state index in [4.69, 9.17) is 15.3 Å². The van der Waals surface area contributed by atoms with Crippen LogP contribution in [-0.2, 0) is 9.63 Å². The number of ether oxygens (including phenoxy) is 1. The second kappa shape index (κ2) is 7.61. The van der Waals surface area contributed by atoms with Crippen molar-refractivity contribution in [3.63, 3.8) is 0 Å². The van der Waals surface area contributed by atoms with Crippen LogP contribution in [0.4, 0.5) is 21.6 Å². The molecule has 8 heteroatoms. The molecule has 0 saturated carbocycles. The minimum absolute atomic E-state index is 0.242. The van der Waals surface area contributed by atoms with Gasteiger partial charge in [-0.1, -0.05) is 41.7 Å². The molecule has 0 radical (unpaired) electrons. The third-order valence-electron chi connectivity index (χ3n) is 4.21. The molecule has 1 aliphatic heterocycles. The maximum atomic E-state index is 11.3. The molecular weight excluding hydrogens is 376 g/mol. The van der Waals surface area contributed by atoms with Crippen LogP contribution in [0.1, 0.15) is 11.6 Å². The third-order valence-corrected chi connectivity index (χ3v) is 5.18. The van der Waals surface area contributed by atoms with Crippen molar-refractivity contribution in [3.8, 4) is 5.75 Å². The summed E-state index contributed by atoms with van der Waals surface area (Å²) in [5, 5.41) is 6.08. The smallest absolute Gasteiger partial charge is 0.193 e. The van der Waals surface area contributed by atoms with Crippen LogP contribution in [-0.4, -0.2) is 18.4 Å². The molecule has 1 unspecified atom stereocenters. The van der Waals surface area contributed by atoms with Crippen LogP contribution in [0.2, 0.25) is 0 Å². The normalized spacial score (nSPS) is 15.7. The molecule has 3 aromatic rings. The minimum atomic E-state index is -0.266. The van der Waals surface area contributed by atoms with Crippen molar-refractivity contribution in [1.82, 2.24) is 4.98 Å². The van der Waals surface area contributed by atoms with Crippen LogP contribution in [0.25, 0.3) is 0 Å². The van der Waals surface area contributed by atoms with Gasteiger partial charge in [0.1, 0.15) is 11.8 Å². The average molecular weight is 394 g/mol. The molecule has 1 atom stereocenters. The van der Waals surface area contributed by atoms with E-state index in [-0.39, 0.29) is 11.8 Å². The third kappa shape index (κ3) is 3.49. The van der Waals surface area contributed by atoms with Crippen molar-refractivity contribution in [2.24, 2.45) is 0 Å². The molecule has 7 nitrogen and oxygen atoms in total. The summed E-state index contributed by atoms with van der Waals surface area (Å²) >= 11 is 1.35. The van der Waals surface area contributed by atoms with Gasteiger partial charge in [-0.05, 0) is 35.9 Å². The topological polar surface area (TPSA) is 89.7 Å². The van der Waals surface area contributed by atoms with Gasteiger partial charge in [-0.3, -0.25) is 4.79 Å². The average Bonchev–Trinajstić information content (AvgIpc) is 3.32. The number of allylic oxidation sites excluding steroid dienone is 1. The van der Waals surface area contributed by atoms with Gasteiger partial charge in [-0.25, -0.2) is 4.98 Å². The maximum Gasteiger partial charge on any atom is 0.193 e. The summed E-state index contributed by atoms with van der Waals surface area (Å²) in [7, 11) is 1.62. The van der Waals surface area contributed by atoms with Gasteiger partial charge in [0, 0.05) is 5.69 Å². The number of thiazole rings is 1. The van der Waals surface area contributed by atoms with Crippen LogP contribution in [0, 0.1) is 0 Å². The lowest BCUT2D eigenvalue weighted by molar-refractivity contribution is -0.107. The molecule has 2 aromatic carbocycles. The van der Waals surface area contributed by atoms with E-state index in [9.17, 15) is 4.79 Å². The molecule has 0 aliphatic carbocycles. The first-order chi connectivity index (χ1) is 13.7. The van der Waals surface area contributed by atoms with Crippen LogP contribution >= 0.6 is 11.3 Å². The number of hydrogen-bond acceptors (Lipinski definition) is 8. The Bertz CT molecular complexity index is 1000. The van der Waals surface area contributed by atoms with E-state index in [1.54, 1.807) is 18.2 Å². The van der Waals surface area contributed by atoms with Crippen LogP contribution < -0.4 is 20.9 Å². The number of anilines is 4. The quantitative estimate of drug-likeness (QED) is 0.610. The zero-order chi connectivity index (χ0) is 19.5. The molecule has 142 valence electrons. The molecule has 3 N–H and O–H groups in total. The summed E-state index contributed by atoms with van der Waals surface area (Å²) in [4.78, 5) is 21.4. The second-order valence-electron chi connectivity index (χ2n) is 6.02. The van der Waals surface area contributed by atoms with Gasteiger partial charge in [0.15, 0.2) is 28.0 Å². The highest BCUT2D eigenvalue weighted by Crippen LogP contribution is 2.43. The molecule has 0 saturated heterocycles. The number of nitrogens with zero attached hydrogens (tertiary/aromatic N) is 2. The van der Waals surface area contributed by atoms with Gasteiger partial charge >= 0.3 is 0 Å². The van der Waals surface area contributed by atoms with Gasteiger partial charge in [-0.2, -0.15) is 5.06 Å². The summed E-state index contributed by atoms with van der Waals surface area (Å²) in [6.45, 7) is 0. The Labute approximate surface area is 166 Å². The number of nitrogens with two attached hydrogens (primary N) is 1. The van der Waals surface area contributed by atoms with E-state index < -0.39 is 0 Å². The SMILES string of the molecule is COc1ccc(Nc2nc(N)c(N3OC(C=O)=CC3c3ccccc3)s2)cc1. The van der Waals surface area contributed by atoms with Gasteiger partial charge in [0.25, 0.3) is 0 Å². The van der Waals surface area contributed by atoms with E-state index in [0.717, 1.165) is 17.0 Å². The molecule has 0 spiro atoms. The Morgan fingerprint density at radius 1 is 1.21 bits per heavy atom. The monoisotopic (exact) mass is 394 g/mol. The lowest BCUT2D eigenvalue weighted by Crippen LogP contribution is -2.22. The summed E-state index contributed by atoms with van der Waals surface area (Å²) in [6.07, 6.45) is 2.45. The van der Waals surface area contributed by atoms with Gasteiger partial charge in [-0.15, -0.1) is 0 Å². The van der Waals surface area contributed by atoms with Crippen molar-refractivity contribution in [2.75, 3.05) is 23.2 Å². The number of nitrogens with one attached hydrogen (secondary N) is 1. The molecule has 0 bridgehead atoms. The van der Waals surface area contributed by atoms with Crippen LogP contribution in [0.5, 0.6) is 5.75 Å². The Kier molecular flexibility index (Phi) is 4.86. The summed E-state index contributed by atoms with van der Waals surface area (Å²) < 4.78 is 5.17. The van der Waals surface area contributed by atoms with E-state index in [1.807, 2.05) is 54.6 Å². The van der Waals surface area contributed by atoms with E-state index >= 15 is 0 Å². The fourth-order valence-electron chi connectivity index (χ4n) is 2.87. The molecule has 2 heterocycles. The van der Waals surface area contributed by atoms with Gasteiger partial charge in [0.05, 0.1) is 7.11 Å². The number of nitrogen functional groups attached to an aromatic ring is 1. The zero-order valence-corrected chi connectivity index (χ0v) is 15.8. The van der Waals surface area contributed by atoms with Crippen molar-refractivity contribution < 1.29 is 14.4 Å². The van der Waals surface area contributed by atoms with Gasteiger partial charge < -0.3 is 20.6 Å². The minimum Gasteiger partial charge on any atom is -0.497 e. The van der Waals surface area contributed by atoms with E-state index in [0.29, 0.717) is 22.2 Å². The fourth-order valence-corrected chi connectivity index (χ4v) is 3.75. The number of methoxy groups -OCH3 is 1. The number of carbonyl (C=O) groups excluding carboxylic acids is 1. The molecule has 28 heavy (non-hydrogen) atoms. The van der Waals surface area contributed by atoms with Crippen molar-refractivity contribution in [3.05, 3.63) is 72.0 Å². The highest BCUT2D eigenvalue weighted by atomic mass is 32.1. The number of aldehydes is 1. The first-order valence-electron chi connectivity index (χ1n) is 8.54. The maximum absolute atomic E-state index is 11.3. The van der Waals surface area contributed by atoms with Crippen LogP contribution in [0.3, 0.4) is 0 Å². The molecule has 1 aromatic heterocycles.